The third-order valence-electron chi connectivity index (χ3n) is 8.72. The van der Waals surface area contributed by atoms with Gasteiger partial charge in [0.15, 0.2) is 0 Å². The zero-order valence-corrected chi connectivity index (χ0v) is 21.3. The molecule has 37 heavy (non-hydrogen) atoms. The Balaban J connectivity index is 1.43. The molecule has 0 aromatic rings. The summed E-state index contributed by atoms with van der Waals surface area (Å²) >= 11 is 7.07. The SMILES string of the molecule is OC[C@H]1O[C@H](C#CC23CCCCC4(C#C[C@H]5O[C@H](CO)[C@@H](O)C[C@@H]5O)CCC(Cl)(C2)N43)[C@@H](O)[C@@H](O)[C@@H]1O. The molecule has 12 atom stereocenters. The Hall–Kier alpha value is -0.990. The molecule has 0 bridgehead atoms. The highest BCUT2D eigenvalue weighted by atomic mass is 35.5. The van der Waals surface area contributed by atoms with Crippen LogP contribution in [0.1, 0.15) is 51.4 Å². The zero-order chi connectivity index (χ0) is 26.6. The van der Waals surface area contributed by atoms with Crippen LogP contribution >= 0.6 is 11.6 Å². The molecule has 11 heteroatoms. The first kappa shape index (κ1) is 27.6. The summed E-state index contributed by atoms with van der Waals surface area (Å²) in [5.74, 6) is 12.7. The van der Waals surface area contributed by atoms with Crippen molar-refractivity contribution in [2.24, 2.45) is 0 Å². The molecular formula is C26H36ClNO9. The van der Waals surface area contributed by atoms with Gasteiger partial charge in [0, 0.05) is 12.8 Å². The molecule has 0 aromatic heterocycles. The van der Waals surface area contributed by atoms with Gasteiger partial charge in [-0.1, -0.05) is 36.5 Å². The number of aliphatic hydroxyl groups is 7. The van der Waals surface area contributed by atoms with Crippen molar-refractivity contribution >= 4 is 11.6 Å². The lowest BCUT2D eigenvalue weighted by atomic mass is 9.75. The highest BCUT2D eigenvalue weighted by Gasteiger charge is 2.70. The first-order valence-corrected chi connectivity index (χ1v) is 13.4. The number of hydrogen-bond acceptors (Lipinski definition) is 10. The van der Waals surface area contributed by atoms with Crippen molar-refractivity contribution in [3.8, 4) is 23.7 Å². The van der Waals surface area contributed by atoms with E-state index in [1.807, 2.05) is 0 Å². The Kier molecular flexibility index (Phi) is 7.60. The molecule has 5 aliphatic heterocycles. The first-order chi connectivity index (χ1) is 17.6. The summed E-state index contributed by atoms with van der Waals surface area (Å²) in [6.45, 7) is -0.891. The van der Waals surface area contributed by atoms with Gasteiger partial charge in [-0.25, -0.2) is 0 Å². The number of alkyl halides is 1. The lowest BCUT2D eigenvalue weighted by molar-refractivity contribution is -0.214. The average Bonchev–Trinajstić information content (AvgIpc) is 3.01. The normalized spacial score (nSPS) is 51.5. The Labute approximate surface area is 221 Å². The van der Waals surface area contributed by atoms with Gasteiger partial charge in [0.2, 0.25) is 0 Å². The maximum Gasteiger partial charge on any atom is 0.147 e. The molecule has 0 aliphatic carbocycles. The fraction of sp³-hybridized carbons (Fsp3) is 0.846. The molecule has 3 unspecified atom stereocenters. The lowest BCUT2D eigenvalue weighted by Gasteiger charge is -2.61. The van der Waals surface area contributed by atoms with E-state index >= 15 is 0 Å². The maximum atomic E-state index is 10.5. The largest absolute Gasteiger partial charge is 0.394 e. The molecule has 0 amide bonds. The van der Waals surface area contributed by atoms with Crippen molar-refractivity contribution in [2.45, 2.75) is 122 Å². The van der Waals surface area contributed by atoms with Crippen molar-refractivity contribution < 1.29 is 45.2 Å². The molecule has 7 N–H and O–H groups in total. The van der Waals surface area contributed by atoms with Gasteiger partial charge in [0.25, 0.3) is 0 Å². The minimum Gasteiger partial charge on any atom is -0.394 e. The highest BCUT2D eigenvalue weighted by molar-refractivity contribution is 6.24. The standard InChI is InChI=1S/C26H36ClNO9/c27-26-10-9-24(7-3-17-15(31)11-16(32)19(12-29)36-17)5-1-2-6-25(14-26,28(24)26)8-4-18-21(33)23(35)22(34)20(13-30)37-18/h15-23,29-35H,1-2,5-6,9-14H2/t15-,16-,17+,18+,19+,20+,21+,22+,23+,24?,25?,26?/m0/s1. The molecule has 10 nitrogen and oxygen atoms in total. The van der Waals surface area contributed by atoms with Crippen LogP contribution in [0.25, 0.3) is 0 Å². The van der Waals surface area contributed by atoms with Crippen LogP contribution in [0, 0.1) is 23.7 Å². The first-order valence-electron chi connectivity index (χ1n) is 13.1. The summed E-state index contributed by atoms with van der Waals surface area (Å²) in [5, 5.41) is 70.1. The summed E-state index contributed by atoms with van der Waals surface area (Å²) in [6.07, 6.45) is -4.75. The number of aliphatic hydroxyl groups excluding tert-OH is 7. The summed E-state index contributed by atoms with van der Waals surface area (Å²) in [6, 6.07) is 0. The molecule has 0 spiro atoms. The lowest BCUT2D eigenvalue weighted by Crippen LogP contribution is -2.72. The van der Waals surface area contributed by atoms with Crippen LogP contribution in [0.5, 0.6) is 0 Å². The summed E-state index contributed by atoms with van der Waals surface area (Å²) in [4.78, 5) is 1.54. The van der Waals surface area contributed by atoms with Crippen LogP contribution in [0.3, 0.4) is 0 Å². The number of hydrogen-bond donors (Lipinski definition) is 7. The van der Waals surface area contributed by atoms with Gasteiger partial charge in [-0.2, -0.15) is 0 Å². The Morgan fingerprint density at radius 1 is 0.730 bits per heavy atom. The van der Waals surface area contributed by atoms with Crippen LogP contribution < -0.4 is 0 Å². The zero-order valence-electron chi connectivity index (χ0n) is 20.5. The molecule has 5 fully saturated rings. The van der Waals surface area contributed by atoms with E-state index < -0.39 is 77.6 Å². The number of nitrogens with zero attached hydrogens (tertiary/aromatic N) is 1. The second kappa shape index (κ2) is 10.2. The molecule has 5 rings (SSSR count). The van der Waals surface area contributed by atoms with Gasteiger partial charge in [0.05, 0.1) is 36.5 Å². The van der Waals surface area contributed by atoms with Crippen LogP contribution in [-0.2, 0) is 9.47 Å². The van der Waals surface area contributed by atoms with Crippen LogP contribution in [-0.4, -0.2) is 125 Å². The summed E-state index contributed by atoms with van der Waals surface area (Å²) in [5.41, 5.74) is -1.23. The second-order valence-corrected chi connectivity index (χ2v) is 11.8. The maximum absolute atomic E-state index is 10.5. The molecule has 5 aliphatic rings. The van der Waals surface area contributed by atoms with Gasteiger partial charge >= 0.3 is 0 Å². The van der Waals surface area contributed by atoms with Crippen LogP contribution in [0.4, 0.5) is 0 Å². The fourth-order valence-corrected chi connectivity index (χ4v) is 7.48. The van der Waals surface area contributed by atoms with Gasteiger partial charge in [-0.05, 0) is 25.7 Å². The van der Waals surface area contributed by atoms with E-state index in [0.717, 1.165) is 25.7 Å². The van der Waals surface area contributed by atoms with Gasteiger partial charge in [-0.15, -0.1) is 11.6 Å². The highest BCUT2D eigenvalue weighted by Crippen LogP contribution is 2.64. The van der Waals surface area contributed by atoms with E-state index in [4.69, 9.17) is 21.1 Å². The Morgan fingerprint density at radius 2 is 1.35 bits per heavy atom. The van der Waals surface area contributed by atoms with Gasteiger partial charge in [0.1, 0.15) is 47.7 Å². The fourth-order valence-electron chi connectivity index (χ4n) is 6.84. The van der Waals surface area contributed by atoms with Crippen LogP contribution in [0.2, 0.25) is 0 Å². The van der Waals surface area contributed by atoms with E-state index in [1.165, 1.54) is 0 Å². The number of ether oxygens (including phenoxy) is 2. The van der Waals surface area contributed by atoms with Crippen molar-refractivity contribution in [3.05, 3.63) is 0 Å². The molecule has 0 saturated carbocycles. The van der Waals surface area contributed by atoms with Crippen molar-refractivity contribution in [3.63, 3.8) is 0 Å². The number of halogens is 1. The van der Waals surface area contributed by atoms with Crippen molar-refractivity contribution in [1.29, 1.82) is 0 Å². The molecular weight excluding hydrogens is 506 g/mol. The Morgan fingerprint density at radius 3 is 2.05 bits per heavy atom. The topological polar surface area (TPSA) is 163 Å². The van der Waals surface area contributed by atoms with Crippen molar-refractivity contribution in [1.82, 2.24) is 4.90 Å². The van der Waals surface area contributed by atoms with Gasteiger partial charge < -0.3 is 45.2 Å². The minimum absolute atomic E-state index is 0.0647. The van der Waals surface area contributed by atoms with E-state index in [0.29, 0.717) is 19.3 Å². The molecule has 5 heterocycles. The summed E-state index contributed by atoms with van der Waals surface area (Å²) < 4.78 is 11.3. The third-order valence-corrected chi connectivity index (χ3v) is 9.21. The summed E-state index contributed by atoms with van der Waals surface area (Å²) in [7, 11) is 0. The average molecular weight is 542 g/mol. The Bertz CT molecular complexity index is 988. The number of rotatable bonds is 2. The van der Waals surface area contributed by atoms with E-state index in [1.54, 1.807) is 0 Å². The third kappa shape index (κ3) is 4.61. The predicted octanol–water partition coefficient (Wildman–Crippen LogP) is -1.81. The van der Waals surface area contributed by atoms with E-state index in [2.05, 4.69) is 28.6 Å². The predicted molar refractivity (Wildman–Crippen MR) is 130 cm³/mol. The molecule has 0 radical (unpaired) electrons. The second-order valence-electron chi connectivity index (χ2n) is 11.1. The molecule has 206 valence electrons. The minimum atomic E-state index is -1.50. The smallest absolute Gasteiger partial charge is 0.147 e. The quantitative estimate of drug-likeness (QED) is 0.120. The molecule has 0 aromatic carbocycles. The van der Waals surface area contributed by atoms with E-state index in [9.17, 15) is 35.7 Å². The van der Waals surface area contributed by atoms with E-state index in [-0.39, 0.29) is 13.0 Å². The molecule has 5 saturated heterocycles. The van der Waals surface area contributed by atoms with Crippen LogP contribution in [0.15, 0.2) is 0 Å². The monoisotopic (exact) mass is 541 g/mol. The van der Waals surface area contributed by atoms with Gasteiger partial charge in [-0.3, -0.25) is 4.90 Å². The van der Waals surface area contributed by atoms with Crippen molar-refractivity contribution in [2.75, 3.05) is 13.2 Å².